The van der Waals surface area contributed by atoms with Crippen molar-refractivity contribution in [3.8, 4) is 0 Å². The third kappa shape index (κ3) is 4.70. The van der Waals surface area contributed by atoms with Gasteiger partial charge < -0.3 is 10.2 Å². The van der Waals surface area contributed by atoms with Crippen molar-refractivity contribution in [3.63, 3.8) is 0 Å². The van der Waals surface area contributed by atoms with Crippen LogP contribution in [0.4, 0.5) is 0 Å². The standard InChI is InChI=1S/C23H29N3O2S/c27-22(19-11-4-5-15-26(19)23(28)21-12-8-16-29-21)24-17-20(25-13-6-7-14-25)18-9-2-1-3-10-18/h1-3,8-10,12,16,19-20H,4-7,11,13-15,17H2,(H,24,27). The summed E-state index contributed by atoms with van der Waals surface area (Å²) in [6.45, 7) is 3.38. The SMILES string of the molecule is O=C(NCC(c1ccccc1)N1CCCC1)C1CCCCN1C(=O)c1cccs1. The molecule has 0 aliphatic carbocycles. The first-order chi connectivity index (χ1) is 14.2. The van der Waals surface area contributed by atoms with Gasteiger partial charge in [-0.3, -0.25) is 14.5 Å². The molecule has 5 nitrogen and oxygen atoms in total. The topological polar surface area (TPSA) is 52.7 Å². The van der Waals surface area contributed by atoms with Crippen LogP contribution in [0.2, 0.25) is 0 Å². The second-order valence-corrected chi connectivity index (χ2v) is 8.85. The van der Waals surface area contributed by atoms with E-state index in [0.717, 1.165) is 32.4 Å². The molecule has 1 aromatic heterocycles. The maximum Gasteiger partial charge on any atom is 0.264 e. The minimum atomic E-state index is -0.367. The number of carbonyl (C=O) groups is 2. The average molecular weight is 412 g/mol. The smallest absolute Gasteiger partial charge is 0.264 e. The van der Waals surface area contributed by atoms with E-state index >= 15 is 0 Å². The number of benzene rings is 1. The second-order valence-electron chi connectivity index (χ2n) is 7.90. The zero-order chi connectivity index (χ0) is 20.1. The third-order valence-electron chi connectivity index (χ3n) is 6.03. The number of nitrogens with one attached hydrogen (secondary N) is 1. The molecular formula is C23H29N3O2S. The van der Waals surface area contributed by atoms with Gasteiger partial charge in [-0.1, -0.05) is 36.4 Å². The molecule has 0 spiro atoms. The van der Waals surface area contributed by atoms with Crippen molar-refractivity contribution in [2.24, 2.45) is 0 Å². The van der Waals surface area contributed by atoms with Gasteiger partial charge in [0.15, 0.2) is 0 Å². The van der Waals surface area contributed by atoms with E-state index in [1.54, 1.807) is 4.90 Å². The number of amides is 2. The molecule has 2 unspecified atom stereocenters. The predicted octanol–water partition coefficient (Wildman–Crippen LogP) is 3.70. The van der Waals surface area contributed by atoms with Gasteiger partial charge in [-0.25, -0.2) is 0 Å². The van der Waals surface area contributed by atoms with Gasteiger partial charge in [0.2, 0.25) is 5.91 Å². The molecule has 2 aliphatic rings. The van der Waals surface area contributed by atoms with Crippen LogP contribution in [0, 0.1) is 0 Å². The van der Waals surface area contributed by atoms with Crippen LogP contribution in [0.1, 0.15) is 53.4 Å². The molecule has 0 saturated carbocycles. The van der Waals surface area contributed by atoms with Crippen LogP contribution in [-0.4, -0.2) is 53.8 Å². The van der Waals surface area contributed by atoms with E-state index in [0.29, 0.717) is 18.0 Å². The number of nitrogens with zero attached hydrogens (tertiary/aromatic N) is 2. The zero-order valence-corrected chi connectivity index (χ0v) is 17.6. The number of rotatable bonds is 6. The van der Waals surface area contributed by atoms with Gasteiger partial charge in [0, 0.05) is 13.1 Å². The first-order valence-electron chi connectivity index (χ1n) is 10.7. The van der Waals surface area contributed by atoms with Crippen LogP contribution in [0.5, 0.6) is 0 Å². The number of thiophene rings is 1. The Bertz CT molecular complexity index is 803. The molecule has 2 amide bonds. The predicted molar refractivity (Wildman–Crippen MR) is 116 cm³/mol. The van der Waals surface area contributed by atoms with Crippen molar-refractivity contribution in [2.75, 3.05) is 26.2 Å². The fourth-order valence-electron chi connectivity index (χ4n) is 4.49. The second kappa shape index (κ2) is 9.55. The number of likely N-dealkylation sites (tertiary alicyclic amines) is 2. The Labute approximate surface area is 176 Å². The van der Waals surface area contributed by atoms with E-state index in [-0.39, 0.29) is 23.9 Å². The maximum atomic E-state index is 13.1. The van der Waals surface area contributed by atoms with E-state index in [9.17, 15) is 9.59 Å². The van der Waals surface area contributed by atoms with Crippen molar-refractivity contribution in [2.45, 2.75) is 44.2 Å². The van der Waals surface area contributed by atoms with Crippen molar-refractivity contribution >= 4 is 23.2 Å². The van der Waals surface area contributed by atoms with Crippen LogP contribution in [-0.2, 0) is 4.79 Å². The Morgan fingerprint density at radius 1 is 1.00 bits per heavy atom. The van der Waals surface area contributed by atoms with E-state index in [4.69, 9.17) is 0 Å². The van der Waals surface area contributed by atoms with Crippen LogP contribution in [0.3, 0.4) is 0 Å². The van der Waals surface area contributed by atoms with Gasteiger partial charge in [-0.15, -0.1) is 11.3 Å². The first-order valence-corrected chi connectivity index (χ1v) is 11.5. The monoisotopic (exact) mass is 411 g/mol. The Morgan fingerprint density at radius 3 is 2.48 bits per heavy atom. The fourth-order valence-corrected chi connectivity index (χ4v) is 5.17. The normalized spacial score (nSPS) is 21.1. The average Bonchev–Trinajstić information content (AvgIpc) is 3.49. The van der Waals surface area contributed by atoms with Crippen LogP contribution < -0.4 is 5.32 Å². The summed E-state index contributed by atoms with van der Waals surface area (Å²) in [4.78, 5) is 31.0. The Kier molecular flexibility index (Phi) is 6.62. The van der Waals surface area contributed by atoms with Crippen molar-refractivity contribution < 1.29 is 9.59 Å². The summed E-state index contributed by atoms with van der Waals surface area (Å²) >= 11 is 1.44. The van der Waals surface area contributed by atoms with E-state index < -0.39 is 0 Å². The number of piperidine rings is 1. The summed E-state index contributed by atoms with van der Waals surface area (Å²) in [6.07, 6.45) is 5.11. The first kappa shape index (κ1) is 20.1. The lowest BCUT2D eigenvalue weighted by Crippen LogP contribution is -2.52. The lowest BCUT2D eigenvalue weighted by molar-refractivity contribution is -0.126. The molecule has 154 valence electrons. The minimum absolute atomic E-state index is 0.0148. The molecule has 2 atom stereocenters. The fraction of sp³-hybridized carbons (Fsp3) is 0.478. The molecule has 2 aliphatic heterocycles. The Hall–Kier alpha value is -2.18. The van der Waals surface area contributed by atoms with Crippen molar-refractivity contribution in [3.05, 3.63) is 58.3 Å². The molecule has 4 rings (SSSR count). The Balaban J connectivity index is 1.44. The van der Waals surface area contributed by atoms with Gasteiger partial charge in [0.1, 0.15) is 6.04 Å². The molecule has 0 radical (unpaired) electrons. The maximum absolute atomic E-state index is 13.1. The molecule has 3 heterocycles. The highest BCUT2D eigenvalue weighted by molar-refractivity contribution is 7.12. The highest BCUT2D eigenvalue weighted by Crippen LogP contribution is 2.25. The van der Waals surface area contributed by atoms with E-state index in [2.05, 4.69) is 34.5 Å². The van der Waals surface area contributed by atoms with Crippen molar-refractivity contribution in [1.82, 2.24) is 15.1 Å². The van der Waals surface area contributed by atoms with Crippen LogP contribution in [0.25, 0.3) is 0 Å². The number of hydrogen-bond acceptors (Lipinski definition) is 4. The van der Waals surface area contributed by atoms with Crippen LogP contribution in [0.15, 0.2) is 47.8 Å². The van der Waals surface area contributed by atoms with Crippen molar-refractivity contribution in [1.29, 1.82) is 0 Å². The lowest BCUT2D eigenvalue weighted by Gasteiger charge is -2.35. The van der Waals surface area contributed by atoms with Gasteiger partial charge in [-0.05, 0) is 62.2 Å². The van der Waals surface area contributed by atoms with E-state index in [1.807, 2.05) is 23.6 Å². The molecule has 2 saturated heterocycles. The zero-order valence-electron chi connectivity index (χ0n) is 16.8. The molecule has 6 heteroatoms. The summed E-state index contributed by atoms with van der Waals surface area (Å²) in [7, 11) is 0. The van der Waals surface area contributed by atoms with Gasteiger partial charge in [0.25, 0.3) is 5.91 Å². The molecule has 2 fully saturated rings. The molecule has 1 N–H and O–H groups in total. The molecule has 2 aromatic rings. The minimum Gasteiger partial charge on any atom is -0.352 e. The number of carbonyl (C=O) groups excluding carboxylic acids is 2. The molecule has 1 aromatic carbocycles. The van der Waals surface area contributed by atoms with E-state index in [1.165, 1.54) is 29.7 Å². The van der Waals surface area contributed by atoms with Gasteiger partial charge in [0.05, 0.1) is 10.9 Å². The molecular weight excluding hydrogens is 382 g/mol. The highest BCUT2D eigenvalue weighted by atomic mass is 32.1. The number of hydrogen-bond donors (Lipinski definition) is 1. The van der Waals surface area contributed by atoms with Gasteiger partial charge in [-0.2, -0.15) is 0 Å². The summed E-state index contributed by atoms with van der Waals surface area (Å²) < 4.78 is 0. The van der Waals surface area contributed by atoms with Crippen LogP contribution >= 0.6 is 11.3 Å². The Morgan fingerprint density at radius 2 is 1.76 bits per heavy atom. The van der Waals surface area contributed by atoms with Gasteiger partial charge >= 0.3 is 0 Å². The molecule has 0 bridgehead atoms. The third-order valence-corrected chi connectivity index (χ3v) is 6.89. The highest BCUT2D eigenvalue weighted by Gasteiger charge is 2.33. The summed E-state index contributed by atoms with van der Waals surface area (Å²) in [5.74, 6) is -0.0336. The lowest BCUT2D eigenvalue weighted by atomic mass is 10.0. The summed E-state index contributed by atoms with van der Waals surface area (Å²) in [5, 5.41) is 5.10. The molecule has 29 heavy (non-hydrogen) atoms. The largest absolute Gasteiger partial charge is 0.352 e. The summed E-state index contributed by atoms with van der Waals surface area (Å²) in [6, 6.07) is 14.0. The quantitative estimate of drug-likeness (QED) is 0.789. The summed E-state index contributed by atoms with van der Waals surface area (Å²) in [5.41, 5.74) is 1.24.